The van der Waals surface area contributed by atoms with E-state index in [-0.39, 0.29) is 0 Å². The smallest absolute Gasteiger partial charge is 0.0547 e. The van der Waals surface area contributed by atoms with E-state index in [4.69, 9.17) is 4.74 Å². The summed E-state index contributed by atoms with van der Waals surface area (Å²) in [5.74, 6) is 2.46. The number of likely N-dealkylation sites (tertiary alicyclic amines) is 1. The van der Waals surface area contributed by atoms with Gasteiger partial charge in [-0.3, -0.25) is 0 Å². The van der Waals surface area contributed by atoms with Crippen LogP contribution >= 0.6 is 0 Å². The summed E-state index contributed by atoms with van der Waals surface area (Å²) in [6, 6.07) is 0. The molecule has 2 saturated heterocycles. The number of rotatable bonds is 7. The first-order valence-corrected chi connectivity index (χ1v) is 8.51. The van der Waals surface area contributed by atoms with Gasteiger partial charge < -0.3 is 15.0 Å². The molecule has 118 valence electrons. The van der Waals surface area contributed by atoms with Crippen LogP contribution in [0.25, 0.3) is 0 Å². The van der Waals surface area contributed by atoms with Crippen molar-refractivity contribution in [3.63, 3.8) is 0 Å². The molecule has 3 heteroatoms. The topological polar surface area (TPSA) is 24.5 Å². The van der Waals surface area contributed by atoms with Crippen LogP contribution in [0.2, 0.25) is 0 Å². The van der Waals surface area contributed by atoms with Crippen molar-refractivity contribution in [1.29, 1.82) is 0 Å². The van der Waals surface area contributed by atoms with Gasteiger partial charge in [0.2, 0.25) is 0 Å². The zero-order valence-corrected chi connectivity index (χ0v) is 14.0. The van der Waals surface area contributed by atoms with Gasteiger partial charge in [0, 0.05) is 31.7 Å². The van der Waals surface area contributed by atoms with Gasteiger partial charge in [-0.2, -0.15) is 0 Å². The molecule has 0 saturated carbocycles. The van der Waals surface area contributed by atoms with E-state index in [9.17, 15) is 0 Å². The summed E-state index contributed by atoms with van der Waals surface area (Å²) in [4.78, 5) is 2.69. The van der Waals surface area contributed by atoms with Crippen molar-refractivity contribution in [2.75, 3.05) is 45.9 Å². The standard InChI is InChI=1S/C17H34N2O/c1-14(2)9-18-11-17(6-8-20-13-17)12-19-7-5-16(10-19)15(3)4/h14-16,18H,5-13H2,1-4H3. The highest BCUT2D eigenvalue weighted by Crippen LogP contribution is 2.32. The zero-order chi connectivity index (χ0) is 14.6. The molecule has 2 fully saturated rings. The quantitative estimate of drug-likeness (QED) is 0.777. The molecule has 2 heterocycles. The van der Waals surface area contributed by atoms with Gasteiger partial charge in [0.25, 0.3) is 0 Å². The Morgan fingerprint density at radius 1 is 1.30 bits per heavy atom. The number of hydrogen-bond donors (Lipinski definition) is 1. The van der Waals surface area contributed by atoms with Crippen molar-refractivity contribution in [2.45, 2.75) is 40.5 Å². The Kier molecular flexibility index (Phi) is 5.88. The highest BCUT2D eigenvalue weighted by molar-refractivity contribution is 4.91. The van der Waals surface area contributed by atoms with E-state index >= 15 is 0 Å². The summed E-state index contributed by atoms with van der Waals surface area (Å²) in [5, 5.41) is 3.67. The second-order valence-electron chi connectivity index (χ2n) is 7.86. The number of ether oxygens (including phenoxy) is 1. The summed E-state index contributed by atoms with van der Waals surface area (Å²) in [6.45, 7) is 17.2. The van der Waals surface area contributed by atoms with Gasteiger partial charge in [-0.1, -0.05) is 27.7 Å². The first-order chi connectivity index (χ1) is 9.51. The molecule has 2 aliphatic heterocycles. The molecule has 0 aromatic heterocycles. The van der Waals surface area contributed by atoms with Crippen LogP contribution in [0.5, 0.6) is 0 Å². The minimum absolute atomic E-state index is 0.362. The molecule has 20 heavy (non-hydrogen) atoms. The molecule has 2 aliphatic rings. The van der Waals surface area contributed by atoms with E-state index in [1.807, 2.05) is 0 Å². The fourth-order valence-corrected chi connectivity index (χ4v) is 3.62. The molecule has 0 aliphatic carbocycles. The van der Waals surface area contributed by atoms with Crippen LogP contribution in [0.15, 0.2) is 0 Å². The Bertz CT molecular complexity index is 285. The second-order valence-corrected chi connectivity index (χ2v) is 7.86. The Morgan fingerprint density at radius 2 is 2.10 bits per heavy atom. The second kappa shape index (κ2) is 7.24. The maximum Gasteiger partial charge on any atom is 0.0547 e. The first-order valence-electron chi connectivity index (χ1n) is 8.51. The predicted molar refractivity (Wildman–Crippen MR) is 85.0 cm³/mol. The third-order valence-corrected chi connectivity index (χ3v) is 5.05. The van der Waals surface area contributed by atoms with Crippen LogP contribution in [-0.4, -0.2) is 50.8 Å². The SMILES string of the molecule is CC(C)CNCC1(CN2CCC(C(C)C)C2)CCOC1. The van der Waals surface area contributed by atoms with Crippen LogP contribution in [0.3, 0.4) is 0 Å². The highest BCUT2D eigenvalue weighted by Gasteiger charge is 2.38. The number of nitrogens with one attached hydrogen (secondary N) is 1. The zero-order valence-electron chi connectivity index (χ0n) is 14.0. The van der Waals surface area contributed by atoms with Gasteiger partial charge in [-0.05, 0) is 43.7 Å². The molecule has 0 radical (unpaired) electrons. The average Bonchev–Trinajstić information content (AvgIpc) is 2.99. The minimum atomic E-state index is 0.362. The lowest BCUT2D eigenvalue weighted by atomic mass is 9.86. The molecule has 3 nitrogen and oxygen atoms in total. The van der Waals surface area contributed by atoms with Gasteiger partial charge in [-0.25, -0.2) is 0 Å². The number of hydrogen-bond acceptors (Lipinski definition) is 3. The molecule has 0 aromatic rings. The molecule has 2 unspecified atom stereocenters. The third-order valence-electron chi connectivity index (χ3n) is 5.05. The van der Waals surface area contributed by atoms with Crippen LogP contribution in [0.4, 0.5) is 0 Å². The van der Waals surface area contributed by atoms with E-state index < -0.39 is 0 Å². The minimum Gasteiger partial charge on any atom is -0.381 e. The summed E-state index contributed by atoms with van der Waals surface area (Å²) in [7, 11) is 0. The lowest BCUT2D eigenvalue weighted by Gasteiger charge is -2.33. The normalized spacial score (nSPS) is 31.8. The van der Waals surface area contributed by atoms with Crippen molar-refractivity contribution in [2.24, 2.45) is 23.2 Å². The van der Waals surface area contributed by atoms with Crippen molar-refractivity contribution in [3.8, 4) is 0 Å². The molecule has 0 amide bonds. The van der Waals surface area contributed by atoms with Gasteiger partial charge in [0.05, 0.1) is 6.61 Å². The van der Waals surface area contributed by atoms with E-state index in [1.54, 1.807) is 0 Å². The number of nitrogens with zero attached hydrogens (tertiary/aromatic N) is 1. The van der Waals surface area contributed by atoms with Crippen LogP contribution < -0.4 is 5.32 Å². The molecular formula is C17H34N2O. The van der Waals surface area contributed by atoms with Crippen LogP contribution in [-0.2, 0) is 4.74 Å². The lowest BCUT2D eigenvalue weighted by molar-refractivity contribution is 0.115. The van der Waals surface area contributed by atoms with Crippen molar-refractivity contribution < 1.29 is 4.74 Å². The lowest BCUT2D eigenvalue weighted by Crippen LogP contribution is -2.45. The van der Waals surface area contributed by atoms with Crippen molar-refractivity contribution in [3.05, 3.63) is 0 Å². The molecule has 2 rings (SSSR count). The summed E-state index contributed by atoms with van der Waals surface area (Å²) < 4.78 is 5.74. The summed E-state index contributed by atoms with van der Waals surface area (Å²) >= 11 is 0. The highest BCUT2D eigenvalue weighted by atomic mass is 16.5. The van der Waals surface area contributed by atoms with E-state index in [1.165, 1.54) is 32.5 Å². The maximum atomic E-state index is 5.74. The summed E-state index contributed by atoms with van der Waals surface area (Å²) in [5.41, 5.74) is 0.362. The Labute approximate surface area is 125 Å². The fourth-order valence-electron chi connectivity index (χ4n) is 3.62. The summed E-state index contributed by atoms with van der Waals surface area (Å²) in [6.07, 6.45) is 2.61. The van der Waals surface area contributed by atoms with E-state index in [0.717, 1.165) is 44.1 Å². The Morgan fingerprint density at radius 3 is 2.65 bits per heavy atom. The monoisotopic (exact) mass is 282 g/mol. The molecule has 0 aromatic carbocycles. The maximum absolute atomic E-state index is 5.74. The fraction of sp³-hybridized carbons (Fsp3) is 1.00. The average molecular weight is 282 g/mol. The van der Waals surface area contributed by atoms with Gasteiger partial charge in [0.1, 0.15) is 0 Å². The van der Waals surface area contributed by atoms with Crippen LogP contribution in [0.1, 0.15) is 40.5 Å². The Balaban J connectivity index is 1.83. The first kappa shape index (κ1) is 16.3. The van der Waals surface area contributed by atoms with Gasteiger partial charge >= 0.3 is 0 Å². The van der Waals surface area contributed by atoms with E-state index in [2.05, 4.69) is 37.9 Å². The molecule has 0 bridgehead atoms. The van der Waals surface area contributed by atoms with Crippen molar-refractivity contribution in [1.82, 2.24) is 10.2 Å². The van der Waals surface area contributed by atoms with Crippen molar-refractivity contribution >= 4 is 0 Å². The van der Waals surface area contributed by atoms with Gasteiger partial charge in [0.15, 0.2) is 0 Å². The van der Waals surface area contributed by atoms with Crippen LogP contribution in [0, 0.1) is 23.2 Å². The van der Waals surface area contributed by atoms with Gasteiger partial charge in [-0.15, -0.1) is 0 Å². The molecule has 1 N–H and O–H groups in total. The molecule has 0 spiro atoms. The molecule has 2 atom stereocenters. The largest absolute Gasteiger partial charge is 0.381 e. The Hall–Kier alpha value is -0.120. The predicted octanol–water partition coefficient (Wildman–Crippen LogP) is 2.62. The third kappa shape index (κ3) is 4.44. The molecular weight excluding hydrogens is 248 g/mol. The van der Waals surface area contributed by atoms with E-state index in [0.29, 0.717) is 5.41 Å².